The Morgan fingerprint density at radius 1 is 1.25 bits per heavy atom. The molecule has 0 unspecified atom stereocenters. The van der Waals surface area contributed by atoms with E-state index in [1.807, 2.05) is 29.2 Å². The molecule has 2 saturated heterocycles. The topological polar surface area (TPSA) is 52.7 Å². The van der Waals surface area contributed by atoms with E-state index < -0.39 is 0 Å². The van der Waals surface area contributed by atoms with Crippen LogP contribution < -0.4 is 10.2 Å². The third-order valence-electron chi connectivity index (χ3n) is 4.70. The summed E-state index contributed by atoms with van der Waals surface area (Å²) < 4.78 is 0. The van der Waals surface area contributed by atoms with Crippen LogP contribution in [0.25, 0.3) is 0 Å². The van der Waals surface area contributed by atoms with Crippen molar-refractivity contribution < 1.29 is 9.59 Å². The Hall–Kier alpha value is -2.34. The minimum atomic E-state index is -0.100. The second-order valence-electron chi connectivity index (χ2n) is 6.15. The van der Waals surface area contributed by atoms with E-state index >= 15 is 0 Å². The molecule has 1 atom stereocenters. The number of anilines is 1. The summed E-state index contributed by atoms with van der Waals surface area (Å²) >= 11 is 1.67. The zero-order valence-electron chi connectivity index (χ0n) is 13.3. The van der Waals surface area contributed by atoms with E-state index in [2.05, 4.69) is 22.1 Å². The molecule has 2 fully saturated rings. The van der Waals surface area contributed by atoms with E-state index in [9.17, 15) is 9.59 Å². The molecule has 0 spiro atoms. The van der Waals surface area contributed by atoms with Gasteiger partial charge in [0.25, 0.3) is 5.91 Å². The van der Waals surface area contributed by atoms with Gasteiger partial charge in [-0.3, -0.25) is 9.69 Å². The number of benzene rings is 1. The third-order valence-corrected chi connectivity index (χ3v) is 5.40. The number of amides is 3. The van der Waals surface area contributed by atoms with Crippen LogP contribution in [0.15, 0.2) is 41.1 Å². The Morgan fingerprint density at radius 2 is 2.17 bits per heavy atom. The van der Waals surface area contributed by atoms with Crippen LogP contribution in [-0.2, 0) is 0 Å². The van der Waals surface area contributed by atoms with Gasteiger partial charge in [0, 0.05) is 30.9 Å². The molecule has 2 aliphatic rings. The minimum absolute atomic E-state index is 0.0464. The van der Waals surface area contributed by atoms with E-state index in [1.165, 1.54) is 5.56 Å². The molecular weight excluding hydrogens is 322 g/mol. The summed E-state index contributed by atoms with van der Waals surface area (Å²) in [5.74, 6) is 0.0464. The molecule has 1 N–H and O–H groups in total. The number of nitrogens with zero attached hydrogens (tertiary/aromatic N) is 2. The lowest BCUT2D eigenvalue weighted by molar-refractivity contribution is 0.0736. The largest absolute Gasteiger partial charge is 0.336 e. The molecule has 5 nitrogen and oxygen atoms in total. The monoisotopic (exact) mass is 341 g/mol. The van der Waals surface area contributed by atoms with Gasteiger partial charge in [0.15, 0.2) is 0 Å². The van der Waals surface area contributed by atoms with Gasteiger partial charge in [-0.05, 0) is 53.4 Å². The van der Waals surface area contributed by atoms with Crippen molar-refractivity contribution in [3.63, 3.8) is 0 Å². The molecular formula is C18H19N3O2S. The van der Waals surface area contributed by atoms with Crippen LogP contribution in [-0.4, -0.2) is 36.5 Å². The van der Waals surface area contributed by atoms with Gasteiger partial charge < -0.3 is 10.2 Å². The normalized spacial score (nSPS) is 20.5. The number of carbonyl (C=O) groups is 2. The Morgan fingerprint density at radius 3 is 2.92 bits per heavy atom. The van der Waals surface area contributed by atoms with Gasteiger partial charge in [0.05, 0.1) is 6.04 Å². The Bertz CT molecular complexity index is 759. The highest BCUT2D eigenvalue weighted by Gasteiger charge is 2.31. The number of thiophene rings is 1. The first kappa shape index (κ1) is 15.2. The molecule has 4 rings (SSSR count). The van der Waals surface area contributed by atoms with Gasteiger partial charge in [-0.2, -0.15) is 11.3 Å². The molecule has 0 radical (unpaired) electrons. The summed E-state index contributed by atoms with van der Waals surface area (Å²) in [5, 5.41) is 6.97. The van der Waals surface area contributed by atoms with Crippen molar-refractivity contribution in [2.75, 3.05) is 24.5 Å². The summed E-state index contributed by atoms with van der Waals surface area (Å²) in [7, 11) is 0. The summed E-state index contributed by atoms with van der Waals surface area (Å²) in [5.41, 5.74) is 2.65. The molecule has 0 saturated carbocycles. The summed E-state index contributed by atoms with van der Waals surface area (Å²) in [6.07, 6.45) is 2.04. The molecule has 0 aliphatic carbocycles. The maximum Gasteiger partial charge on any atom is 0.321 e. The van der Waals surface area contributed by atoms with Gasteiger partial charge >= 0.3 is 6.03 Å². The zero-order valence-corrected chi connectivity index (χ0v) is 14.1. The van der Waals surface area contributed by atoms with Crippen molar-refractivity contribution in [3.8, 4) is 0 Å². The van der Waals surface area contributed by atoms with Crippen molar-refractivity contribution in [3.05, 3.63) is 52.2 Å². The standard InChI is InChI=1S/C18H19N3O2S/c22-17(21-8-2-5-16(21)14-6-10-24-12-14)13-3-1-4-15(11-13)20-9-7-19-18(20)23/h1,3-4,6,10-12,16H,2,5,7-9H2,(H,19,23)/t16-/m0/s1. The third kappa shape index (κ3) is 2.67. The second kappa shape index (κ2) is 6.28. The lowest BCUT2D eigenvalue weighted by Crippen LogP contribution is -2.31. The predicted molar refractivity (Wildman–Crippen MR) is 94.5 cm³/mol. The van der Waals surface area contributed by atoms with Crippen molar-refractivity contribution >= 4 is 29.0 Å². The van der Waals surface area contributed by atoms with Gasteiger partial charge in [0.1, 0.15) is 0 Å². The van der Waals surface area contributed by atoms with Crippen LogP contribution in [0.5, 0.6) is 0 Å². The van der Waals surface area contributed by atoms with E-state index in [-0.39, 0.29) is 18.0 Å². The van der Waals surface area contributed by atoms with E-state index in [1.54, 1.807) is 16.2 Å². The van der Waals surface area contributed by atoms with Crippen molar-refractivity contribution in [1.29, 1.82) is 0 Å². The average Bonchev–Trinajstić information content (AvgIpc) is 3.34. The Balaban J connectivity index is 1.59. The number of hydrogen-bond acceptors (Lipinski definition) is 3. The maximum atomic E-state index is 13.0. The number of likely N-dealkylation sites (tertiary alicyclic amines) is 1. The number of carbonyl (C=O) groups excluding carboxylic acids is 2. The fraction of sp³-hybridized carbons (Fsp3) is 0.333. The fourth-order valence-corrected chi connectivity index (χ4v) is 4.22. The van der Waals surface area contributed by atoms with E-state index in [0.717, 1.165) is 25.1 Å². The van der Waals surface area contributed by atoms with Crippen molar-refractivity contribution in [1.82, 2.24) is 10.2 Å². The van der Waals surface area contributed by atoms with Gasteiger partial charge in [-0.1, -0.05) is 6.07 Å². The molecule has 3 heterocycles. The van der Waals surface area contributed by atoms with Crippen LogP contribution in [0.4, 0.5) is 10.5 Å². The van der Waals surface area contributed by atoms with Crippen LogP contribution in [0.3, 0.4) is 0 Å². The molecule has 24 heavy (non-hydrogen) atoms. The number of rotatable bonds is 3. The van der Waals surface area contributed by atoms with Crippen LogP contribution >= 0.6 is 11.3 Å². The molecule has 1 aromatic carbocycles. The highest BCUT2D eigenvalue weighted by atomic mass is 32.1. The highest BCUT2D eigenvalue weighted by molar-refractivity contribution is 7.08. The number of hydrogen-bond donors (Lipinski definition) is 1. The maximum absolute atomic E-state index is 13.0. The first-order chi connectivity index (χ1) is 11.7. The fourth-order valence-electron chi connectivity index (χ4n) is 3.51. The van der Waals surface area contributed by atoms with E-state index in [4.69, 9.17) is 0 Å². The summed E-state index contributed by atoms with van der Waals surface area (Å²) in [4.78, 5) is 28.5. The Kier molecular flexibility index (Phi) is 3.98. The van der Waals surface area contributed by atoms with E-state index in [0.29, 0.717) is 18.7 Å². The van der Waals surface area contributed by atoms with Gasteiger partial charge in [-0.25, -0.2) is 4.79 Å². The van der Waals surface area contributed by atoms with Crippen molar-refractivity contribution in [2.24, 2.45) is 0 Å². The first-order valence-electron chi connectivity index (χ1n) is 8.22. The quantitative estimate of drug-likeness (QED) is 0.932. The first-order valence-corrected chi connectivity index (χ1v) is 9.17. The lowest BCUT2D eigenvalue weighted by atomic mass is 10.1. The SMILES string of the molecule is O=C1NCCN1c1cccc(C(=O)N2CCC[C@H]2c2ccsc2)c1. The molecule has 2 aromatic rings. The minimum Gasteiger partial charge on any atom is -0.336 e. The van der Waals surface area contributed by atoms with Crippen LogP contribution in [0, 0.1) is 0 Å². The number of nitrogens with one attached hydrogen (secondary N) is 1. The molecule has 3 amide bonds. The second-order valence-corrected chi connectivity index (χ2v) is 6.93. The van der Waals surface area contributed by atoms with Crippen LogP contribution in [0.1, 0.15) is 34.8 Å². The smallest absolute Gasteiger partial charge is 0.321 e. The van der Waals surface area contributed by atoms with Gasteiger partial charge in [-0.15, -0.1) is 0 Å². The van der Waals surface area contributed by atoms with Crippen molar-refractivity contribution in [2.45, 2.75) is 18.9 Å². The van der Waals surface area contributed by atoms with Crippen LogP contribution in [0.2, 0.25) is 0 Å². The number of urea groups is 1. The molecule has 2 aliphatic heterocycles. The molecule has 1 aromatic heterocycles. The Labute approximate surface area is 144 Å². The molecule has 6 heteroatoms. The summed E-state index contributed by atoms with van der Waals surface area (Å²) in [6.45, 7) is 2.06. The summed E-state index contributed by atoms with van der Waals surface area (Å²) in [6, 6.07) is 9.57. The lowest BCUT2D eigenvalue weighted by Gasteiger charge is -2.25. The average molecular weight is 341 g/mol. The molecule has 124 valence electrons. The molecule has 0 bridgehead atoms. The van der Waals surface area contributed by atoms with Gasteiger partial charge in [0.2, 0.25) is 0 Å². The predicted octanol–water partition coefficient (Wildman–Crippen LogP) is 3.26. The highest BCUT2D eigenvalue weighted by Crippen LogP contribution is 2.34. The zero-order chi connectivity index (χ0) is 16.5.